The van der Waals surface area contributed by atoms with Gasteiger partial charge in [0.1, 0.15) is 0 Å². The van der Waals surface area contributed by atoms with Crippen molar-refractivity contribution in [3.8, 4) is 0 Å². The second-order valence-electron chi connectivity index (χ2n) is 6.87. The maximum atomic E-state index is 12.2. The zero-order valence-corrected chi connectivity index (χ0v) is 15.5. The molecule has 0 aliphatic carbocycles. The van der Waals surface area contributed by atoms with Crippen molar-refractivity contribution in [2.75, 3.05) is 31.6 Å². The predicted octanol–water partition coefficient (Wildman–Crippen LogP) is 3.33. The van der Waals surface area contributed by atoms with Crippen molar-refractivity contribution in [2.24, 2.45) is 0 Å². The molecule has 1 aliphatic heterocycles. The lowest BCUT2D eigenvalue weighted by molar-refractivity contribution is -0.0285. The van der Waals surface area contributed by atoms with Gasteiger partial charge in [0.25, 0.3) is 0 Å². The summed E-state index contributed by atoms with van der Waals surface area (Å²) in [7, 11) is 0. The SMILES string of the molecule is Cc1ccc(C)c(NC(=O)NCC2CN(Cc3ccccc3)CCO2)c1. The first-order valence-electron chi connectivity index (χ1n) is 9.10. The summed E-state index contributed by atoms with van der Waals surface area (Å²) in [5, 5.41) is 5.85. The molecule has 1 atom stereocenters. The molecule has 1 aliphatic rings. The summed E-state index contributed by atoms with van der Waals surface area (Å²) in [5.74, 6) is 0. The number of nitrogens with zero attached hydrogens (tertiary/aromatic N) is 1. The van der Waals surface area contributed by atoms with E-state index in [9.17, 15) is 4.79 Å². The minimum atomic E-state index is -0.192. The van der Waals surface area contributed by atoms with Crippen LogP contribution in [0.4, 0.5) is 10.5 Å². The molecule has 2 amide bonds. The van der Waals surface area contributed by atoms with Crippen LogP contribution in [0.25, 0.3) is 0 Å². The quantitative estimate of drug-likeness (QED) is 0.867. The van der Waals surface area contributed by atoms with Crippen molar-refractivity contribution >= 4 is 11.7 Å². The topological polar surface area (TPSA) is 53.6 Å². The van der Waals surface area contributed by atoms with Crippen LogP contribution < -0.4 is 10.6 Å². The Hall–Kier alpha value is -2.37. The highest BCUT2D eigenvalue weighted by molar-refractivity contribution is 5.90. The van der Waals surface area contributed by atoms with Crippen molar-refractivity contribution in [3.63, 3.8) is 0 Å². The highest BCUT2D eigenvalue weighted by Gasteiger charge is 2.21. The smallest absolute Gasteiger partial charge is 0.319 e. The number of rotatable bonds is 5. The van der Waals surface area contributed by atoms with Gasteiger partial charge in [-0.1, -0.05) is 42.5 Å². The number of hydrogen-bond donors (Lipinski definition) is 2. The third-order valence-electron chi connectivity index (χ3n) is 4.60. The van der Waals surface area contributed by atoms with Crippen LogP contribution in [0.5, 0.6) is 0 Å². The predicted molar refractivity (Wildman–Crippen MR) is 104 cm³/mol. The summed E-state index contributed by atoms with van der Waals surface area (Å²) in [6.45, 7) is 7.84. The fourth-order valence-corrected chi connectivity index (χ4v) is 3.13. The van der Waals surface area contributed by atoms with Crippen LogP contribution >= 0.6 is 0 Å². The van der Waals surface area contributed by atoms with E-state index in [1.165, 1.54) is 5.56 Å². The Labute approximate surface area is 155 Å². The van der Waals surface area contributed by atoms with E-state index in [1.54, 1.807) is 0 Å². The Morgan fingerprint density at radius 3 is 2.81 bits per heavy atom. The number of benzene rings is 2. The number of anilines is 1. The summed E-state index contributed by atoms with van der Waals surface area (Å²) in [6.07, 6.45) is 0.0109. The maximum absolute atomic E-state index is 12.2. The molecule has 2 aromatic carbocycles. The van der Waals surface area contributed by atoms with E-state index in [0.29, 0.717) is 13.2 Å². The van der Waals surface area contributed by atoms with Crippen molar-refractivity contribution in [2.45, 2.75) is 26.5 Å². The summed E-state index contributed by atoms with van der Waals surface area (Å²) in [6, 6.07) is 16.3. The highest BCUT2D eigenvalue weighted by atomic mass is 16.5. The van der Waals surface area contributed by atoms with Gasteiger partial charge in [0.2, 0.25) is 0 Å². The molecule has 1 saturated heterocycles. The van der Waals surface area contributed by atoms with E-state index in [0.717, 1.165) is 36.4 Å². The molecule has 0 radical (unpaired) electrons. The van der Waals surface area contributed by atoms with Gasteiger partial charge in [-0.2, -0.15) is 0 Å². The average Bonchev–Trinajstić information content (AvgIpc) is 2.64. The Kier molecular flexibility index (Phi) is 6.26. The lowest BCUT2D eigenvalue weighted by Gasteiger charge is -2.33. The van der Waals surface area contributed by atoms with Gasteiger partial charge >= 0.3 is 6.03 Å². The van der Waals surface area contributed by atoms with Crippen molar-refractivity contribution in [1.29, 1.82) is 0 Å². The maximum Gasteiger partial charge on any atom is 0.319 e. The molecule has 3 rings (SSSR count). The molecule has 0 bridgehead atoms. The second-order valence-corrected chi connectivity index (χ2v) is 6.87. The first-order valence-corrected chi connectivity index (χ1v) is 9.10. The number of nitrogens with one attached hydrogen (secondary N) is 2. The van der Waals surface area contributed by atoms with Gasteiger partial charge in [0, 0.05) is 31.9 Å². The third kappa shape index (κ3) is 5.31. The number of aryl methyl sites for hydroxylation is 2. The molecule has 0 saturated carbocycles. The number of ether oxygens (including phenoxy) is 1. The number of carbonyl (C=O) groups is 1. The molecule has 1 unspecified atom stereocenters. The van der Waals surface area contributed by atoms with E-state index in [1.807, 2.05) is 38.1 Å². The molecule has 26 heavy (non-hydrogen) atoms. The molecule has 1 fully saturated rings. The van der Waals surface area contributed by atoms with Gasteiger partial charge in [-0.15, -0.1) is 0 Å². The zero-order valence-electron chi connectivity index (χ0n) is 15.5. The lowest BCUT2D eigenvalue weighted by Crippen LogP contribution is -2.47. The van der Waals surface area contributed by atoms with Gasteiger partial charge in [-0.3, -0.25) is 4.90 Å². The van der Waals surface area contributed by atoms with Crippen molar-refractivity contribution in [3.05, 3.63) is 65.2 Å². The summed E-state index contributed by atoms with van der Waals surface area (Å²) >= 11 is 0. The molecule has 138 valence electrons. The molecule has 5 heteroatoms. The van der Waals surface area contributed by atoms with Crippen LogP contribution in [-0.4, -0.2) is 43.3 Å². The molecular weight excluding hydrogens is 326 g/mol. The van der Waals surface area contributed by atoms with Gasteiger partial charge in [-0.25, -0.2) is 4.79 Å². The third-order valence-corrected chi connectivity index (χ3v) is 4.60. The monoisotopic (exact) mass is 353 g/mol. The van der Waals surface area contributed by atoms with Crippen molar-refractivity contribution in [1.82, 2.24) is 10.2 Å². The normalized spacial score (nSPS) is 17.7. The number of morpholine rings is 1. The average molecular weight is 353 g/mol. The van der Waals surface area contributed by atoms with Crippen LogP contribution in [0.2, 0.25) is 0 Å². The summed E-state index contributed by atoms with van der Waals surface area (Å²) < 4.78 is 5.81. The Balaban J connectivity index is 1.46. The highest BCUT2D eigenvalue weighted by Crippen LogP contribution is 2.16. The second kappa shape index (κ2) is 8.83. The van der Waals surface area contributed by atoms with E-state index in [-0.39, 0.29) is 12.1 Å². The Bertz CT molecular complexity index is 733. The van der Waals surface area contributed by atoms with Crippen LogP contribution in [-0.2, 0) is 11.3 Å². The number of amides is 2. The molecule has 1 heterocycles. The van der Waals surface area contributed by atoms with Crippen LogP contribution in [0, 0.1) is 13.8 Å². The fraction of sp³-hybridized carbons (Fsp3) is 0.381. The number of hydrogen-bond acceptors (Lipinski definition) is 3. The van der Waals surface area contributed by atoms with E-state index in [2.05, 4.69) is 39.8 Å². The molecule has 5 nitrogen and oxygen atoms in total. The fourth-order valence-electron chi connectivity index (χ4n) is 3.13. The van der Waals surface area contributed by atoms with Crippen LogP contribution in [0.3, 0.4) is 0 Å². The lowest BCUT2D eigenvalue weighted by atomic mass is 10.1. The van der Waals surface area contributed by atoms with Crippen LogP contribution in [0.1, 0.15) is 16.7 Å². The minimum absolute atomic E-state index is 0.0109. The zero-order chi connectivity index (χ0) is 18.4. The van der Waals surface area contributed by atoms with E-state index in [4.69, 9.17) is 4.74 Å². The van der Waals surface area contributed by atoms with Gasteiger partial charge < -0.3 is 15.4 Å². The van der Waals surface area contributed by atoms with Gasteiger partial charge in [-0.05, 0) is 36.6 Å². The Morgan fingerprint density at radius 1 is 1.19 bits per heavy atom. The molecule has 0 aromatic heterocycles. The van der Waals surface area contributed by atoms with Gasteiger partial charge in [0.05, 0.1) is 12.7 Å². The first kappa shape index (κ1) is 18.4. The molecular formula is C21H27N3O2. The standard InChI is InChI=1S/C21H27N3O2/c1-16-8-9-17(2)20(12-16)23-21(25)22-13-19-15-24(10-11-26-19)14-18-6-4-3-5-7-18/h3-9,12,19H,10-11,13-15H2,1-2H3,(H2,22,23,25). The van der Waals surface area contributed by atoms with Gasteiger partial charge in [0.15, 0.2) is 0 Å². The molecule has 2 N–H and O–H groups in total. The first-order chi connectivity index (χ1) is 12.6. The summed E-state index contributed by atoms with van der Waals surface area (Å²) in [4.78, 5) is 14.6. The Morgan fingerprint density at radius 2 is 2.00 bits per heavy atom. The van der Waals surface area contributed by atoms with E-state index >= 15 is 0 Å². The molecule has 2 aromatic rings. The largest absolute Gasteiger partial charge is 0.374 e. The minimum Gasteiger partial charge on any atom is -0.374 e. The molecule has 0 spiro atoms. The van der Waals surface area contributed by atoms with Crippen LogP contribution in [0.15, 0.2) is 48.5 Å². The number of urea groups is 1. The van der Waals surface area contributed by atoms with Crippen molar-refractivity contribution < 1.29 is 9.53 Å². The van der Waals surface area contributed by atoms with E-state index < -0.39 is 0 Å². The number of carbonyl (C=O) groups excluding carboxylic acids is 1. The summed E-state index contributed by atoms with van der Waals surface area (Å²) in [5.41, 5.74) is 4.32.